The highest BCUT2D eigenvalue weighted by Gasteiger charge is 2.06. The van der Waals surface area contributed by atoms with E-state index in [2.05, 4.69) is 25.9 Å². The predicted octanol–water partition coefficient (Wildman–Crippen LogP) is 2.87. The lowest BCUT2D eigenvalue weighted by molar-refractivity contribution is -0.116. The summed E-state index contributed by atoms with van der Waals surface area (Å²) in [6.07, 6.45) is 2.04. The summed E-state index contributed by atoms with van der Waals surface area (Å²) < 4.78 is 5.64. The van der Waals surface area contributed by atoms with Crippen molar-refractivity contribution >= 4 is 17.7 Å². The van der Waals surface area contributed by atoms with E-state index in [0.717, 1.165) is 23.4 Å². The molecule has 0 spiro atoms. The molecular formula is C21H29N5O2. The molecule has 0 atom stereocenters. The zero-order valence-electron chi connectivity index (χ0n) is 16.8. The van der Waals surface area contributed by atoms with Gasteiger partial charge in [0.2, 0.25) is 5.91 Å². The van der Waals surface area contributed by atoms with Gasteiger partial charge in [-0.2, -0.15) is 0 Å². The van der Waals surface area contributed by atoms with Gasteiger partial charge >= 0.3 is 0 Å². The van der Waals surface area contributed by atoms with Crippen molar-refractivity contribution in [3.8, 4) is 5.75 Å². The highest BCUT2D eigenvalue weighted by atomic mass is 16.5. The molecular weight excluding hydrogens is 354 g/mol. The summed E-state index contributed by atoms with van der Waals surface area (Å²) in [6.45, 7) is 8.23. The Morgan fingerprint density at radius 1 is 1.14 bits per heavy atom. The Balaban J connectivity index is 1.85. The Labute approximate surface area is 166 Å². The monoisotopic (exact) mass is 383 g/mol. The minimum Gasteiger partial charge on any atom is -0.494 e. The smallest absolute Gasteiger partial charge is 0.227 e. The van der Waals surface area contributed by atoms with Gasteiger partial charge in [-0.15, -0.1) is 0 Å². The number of aryl methyl sites for hydroxylation is 1. The summed E-state index contributed by atoms with van der Waals surface area (Å²) in [5.74, 6) is 1.97. The second-order valence-corrected chi connectivity index (χ2v) is 6.18. The average molecular weight is 383 g/mol. The SMILES string of the molecule is CCNC(=NCc1ccccc1OCC)NCCC(=O)Nc1ccc(C)cn1. The molecule has 2 aromatic rings. The Kier molecular flexibility index (Phi) is 8.78. The van der Waals surface area contributed by atoms with Crippen molar-refractivity contribution in [1.82, 2.24) is 15.6 Å². The number of nitrogens with one attached hydrogen (secondary N) is 3. The summed E-state index contributed by atoms with van der Waals surface area (Å²) in [5, 5.41) is 9.16. The molecule has 2 rings (SSSR count). The third-order valence-electron chi connectivity index (χ3n) is 3.85. The van der Waals surface area contributed by atoms with Gasteiger partial charge in [0.1, 0.15) is 11.6 Å². The maximum Gasteiger partial charge on any atom is 0.227 e. The van der Waals surface area contributed by atoms with Crippen molar-refractivity contribution < 1.29 is 9.53 Å². The van der Waals surface area contributed by atoms with Crippen LogP contribution in [-0.2, 0) is 11.3 Å². The van der Waals surface area contributed by atoms with Crippen molar-refractivity contribution in [2.24, 2.45) is 4.99 Å². The first-order valence-corrected chi connectivity index (χ1v) is 9.57. The van der Waals surface area contributed by atoms with Crippen LogP contribution in [-0.4, -0.2) is 36.5 Å². The molecule has 28 heavy (non-hydrogen) atoms. The van der Waals surface area contributed by atoms with E-state index in [0.29, 0.717) is 37.9 Å². The fourth-order valence-electron chi connectivity index (χ4n) is 2.48. The Morgan fingerprint density at radius 2 is 1.96 bits per heavy atom. The molecule has 0 fully saturated rings. The number of hydrogen-bond acceptors (Lipinski definition) is 4. The molecule has 1 amide bonds. The minimum atomic E-state index is -0.0959. The maximum absolute atomic E-state index is 12.1. The molecule has 0 radical (unpaired) electrons. The Bertz CT molecular complexity index is 775. The number of carbonyl (C=O) groups excluding carboxylic acids is 1. The number of aromatic nitrogens is 1. The number of pyridine rings is 1. The number of ether oxygens (including phenoxy) is 1. The quantitative estimate of drug-likeness (QED) is 0.458. The van der Waals surface area contributed by atoms with E-state index in [1.54, 1.807) is 12.3 Å². The second-order valence-electron chi connectivity index (χ2n) is 6.18. The topological polar surface area (TPSA) is 87.6 Å². The van der Waals surface area contributed by atoms with Crippen molar-refractivity contribution in [1.29, 1.82) is 0 Å². The number of nitrogens with zero attached hydrogens (tertiary/aromatic N) is 2. The highest BCUT2D eigenvalue weighted by molar-refractivity contribution is 5.90. The van der Waals surface area contributed by atoms with E-state index in [1.807, 2.05) is 51.1 Å². The van der Waals surface area contributed by atoms with Gasteiger partial charge in [0.15, 0.2) is 5.96 Å². The largest absolute Gasteiger partial charge is 0.494 e. The van der Waals surface area contributed by atoms with Gasteiger partial charge in [0.05, 0.1) is 13.2 Å². The van der Waals surface area contributed by atoms with E-state index < -0.39 is 0 Å². The minimum absolute atomic E-state index is 0.0959. The van der Waals surface area contributed by atoms with Gasteiger partial charge in [0.25, 0.3) is 0 Å². The van der Waals surface area contributed by atoms with Crippen LogP contribution in [0.15, 0.2) is 47.6 Å². The van der Waals surface area contributed by atoms with Gasteiger partial charge in [-0.25, -0.2) is 9.98 Å². The molecule has 150 valence electrons. The van der Waals surface area contributed by atoms with E-state index >= 15 is 0 Å². The third-order valence-corrected chi connectivity index (χ3v) is 3.85. The molecule has 0 saturated heterocycles. The first-order valence-electron chi connectivity index (χ1n) is 9.57. The molecule has 3 N–H and O–H groups in total. The zero-order chi connectivity index (χ0) is 20.2. The maximum atomic E-state index is 12.1. The molecule has 7 nitrogen and oxygen atoms in total. The van der Waals surface area contributed by atoms with Crippen LogP contribution in [0.3, 0.4) is 0 Å². The van der Waals surface area contributed by atoms with Crippen LogP contribution < -0.4 is 20.7 Å². The summed E-state index contributed by atoms with van der Waals surface area (Å²) in [7, 11) is 0. The number of aliphatic imine (C=N–C) groups is 1. The highest BCUT2D eigenvalue weighted by Crippen LogP contribution is 2.18. The fraction of sp³-hybridized carbons (Fsp3) is 0.381. The van der Waals surface area contributed by atoms with E-state index in [4.69, 9.17) is 4.74 Å². The molecule has 1 heterocycles. The number of para-hydroxylation sites is 1. The summed E-state index contributed by atoms with van der Waals surface area (Å²) >= 11 is 0. The van der Waals surface area contributed by atoms with Gasteiger partial charge < -0.3 is 20.7 Å². The van der Waals surface area contributed by atoms with Crippen molar-refractivity contribution in [3.63, 3.8) is 0 Å². The molecule has 0 unspecified atom stereocenters. The van der Waals surface area contributed by atoms with Crippen LogP contribution in [0.5, 0.6) is 5.75 Å². The van der Waals surface area contributed by atoms with Gasteiger partial charge in [-0.05, 0) is 38.5 Å². The van der Waals surface area contributed by atoms with Gasteiger partial charge in [-0.1, -0.05) is 24.3 Å². The average Bonchev–Trinajstić information content (AvgIpc) is 2.69. The molecule has 0 aliphatic carbocycles. The second kappa shape index (κ2) is 11.6. The van der Waals surface area contributed by atoms with Gasteiger partial charge in [-0.3, -0.25) is 4.79 Å². The van der Waals surface area contributed by atoms with Crippen molar-refractivity contribution in [3.05, 3.63) is 53.7 Å². The number of amides is 1. The Morgan fingerprint density at radius 3 is 2.68 bits per heavy atom. The summed E-state index contributed by atoms with van der Waals surface area (Å²) in [4.78, 5) is 20.8. The first kappa shape index (κ1) is 21.2. The molecule has 0 bridgehead atoms. The number of benzene rings is 1. The van der Waals surface area contributed by atoms with Crippen LogP contribution in [0.1, 0.15) is 31.4 Å². The normalized spacial score (nSPS) is 11.0. The number of guanidine groups is 1. The lowest BCUT2D eigenvalue weighted by Gasteiger charge is -2.12. The van der Waals surface area contributed by atoms with Crippen LogP contribution >= 0.6 is 0 Å². The first-order chi connectivity index (χ1) is 13.6. The standard InChI is InChI=1S/C21H29N5O2/c1-4-22-21(25-15-17-8-6-7-9-18(17)28-5-2)23-13-12-20(27)26-19-11-10-16(3)14-24-19/h6-11,14H,4-5,12-13,15H2,1-3H3,(H2,22,23,25)(H,24,26,27). The molecule has 7 heteroatoms. The number of rotatable bonds is 9. The number of hydrogen-bond donors (Lipinski definition) is 3. The molecule has 0 aliphatic heterocycles. The van der Waals surface area contributed by atoms with Crippen LogP contribution in [0.25, 0.3) is 0 Å². The molecule has 0 aliphatic rings. The predicted molar refractivity (Wildman–Crippen MR) is 113 cm³/mol. The fourth-order valence-corrected chi connectivity index (χ4v) is 2.48. The zero-order valence-corrected chi connectivity index (χ0v) is 16.8. The molecule has 1 aromatic carbocycles. The lowest BCUT2D eigenvalue weighted by atomic mass is 10.2. The Hall–Kier alpha value is -3.09. The van der Waals surface area contributed by atoms with Crippen LogP contribution in [0, 0.1) is 6.92 Å². The van der Waals surface area contributed by atoms with Crippen molar-refractivity contribution in [2.45, 2.75) is 33.7 Å². The van der Waals surface area contributed by atoms with Gasteiger partial charge in [0, 0.05) is 31.3 Å². The number of carbonyl (C=O) groups is 1. The number of anilines is 1. The lowest BCUT2D eigenvalue weighted by Crippen LogP contribution is -2.38. The molecule has 0 saturated carbocycles. The van der Waals surface area contributed by atoms with E-state index in [-0.39, 0.29) is 5.91 Å². The van der Waals surface area contributed by atoms with Crippen LogP contribution in [0.2, 0.25) is 0 Å². The van der Waals surface area contributed by atoms with E-state index in [9.17, 15) is 4.79 Å². The van der Waals surface area contributed by atoms with Crippen molar-refractivity contribution in [2.75, 3.05) is 25.0 Å². The van der Waals surface area contributed by atoms with Crippen LogP contribution in [0.4, 0.5) is 5.82 Å². The molecule has 1 aromatic heterocycles. The summed E-state index contributed by atoms with van der Waals surface area (Å²) in [5.41, 5.74) is 2.07. The summed E-state index contributed by atoms with van der Waals surface area (Å²) in [6, 6.07) is 11.6. The van der Waals surface area contributed by atoms with E-state index in [1.165, 1.54) is 0 Å². The third kappa shape index (κ3) is 7.26.